The van der Waals surface area contributed by atoms with E-state index in [2.05, 4.69) is 14.9 Å². The van der Waals surface area contributed by atoms with E-state index in [0.717, 1.165) is 0 Å². The maximum atomic E-state index is 12.4. The topological polar surface area (TPSA) is 95.2 Å². The van der Waals surface area contributed by atoms with Crippen LogP contribution in [0.4, 0.5) is 4.79 Å². The number of pyridine rings is 1. The molecular weight excluding hydrogens is 312 g/mol. The van der Waals surface area contributed by atoms with Gasteiger partial charge in [0.1, 0.15) is 10.7 Å². The Morgan fingerprint density at radius 2 is 2.17 bits per heavy atom. The summed E-state index contributed by atoms with van der Waals surface area (Å²) in [6, 6.07) is 3.54. The van der Waals surface area contributed by atoms with Crippen molar-refractivity contribution in [3.8, 4) is 5.88 Å². The molecule has 0 aromatic carbocycles. The minimum Gasteiger partial charge on any atom is -0.481 e. The third-order valence-electron chi connectivity index (χ3n) is 2.69. The van der Waals surface area contributed by atoms with Gasteiger partial charge in [-0.15, -0.1) is 0 Å². The van der Waals surface area contributed by atoms with E-state index in [1.54, 1.807) is 39.1 Å². The third kappa shape index (κ3) is 6.58. The SMILES string of the molecule is COc1ncccc1CN(CN=[N+]=C(C)C=O)C(=O)OC(C)(C)C. The minimum atomic E-state index is -0.643. The number of aldehydes is 1. The van der Waals surface area contributed by atoms with Crippen LogP contribution in [0.1, 0.15) is 33.3 Å². The first-order valence-corrected chi connectivity index (χ1v) is 7.39. The molecule has 0 atom stereocenters. The van der Waals surface area contributed by atoms with Gasteiger partial charge in [0.15, 0.2) is 6.67 Å². The Kier molecular flexibility index (Phi) is 7.07. The van der Waals surface area contributed by atoms with Crippen molar-refractivity contribution < 1.29 is 23.9 Å². The Morgan fingerprint density at radius 3 is 2.75 bits per heavy atom. The zero-order chi connectivity index (χ0) is 18.2. The Morgan fingerprint density at radius 1 is 1.46 bits per heavy atom. The van der Waals surface area contributed by atoms with Gasteiger partial charge < -0.3 is 9.47 Å². The van der Waals surface area contributed by atoms with Crippen LogP contribution in [0.2, 0.25) is 0 Å². The quantitative estimate of drug-likeness (QED) is 0.343. The number of hydrogen-bond acceptors (Lipinski definition) is 6. The smallest absolute Gasteiger partial charge is 0.412 e. The van der Waals surface area contributed by atoms with Crippen LogP contribution in [0, 0.1) is 0 Å². The molecule has 1 rings (SSSR count). The molecule has 0 radical (unpaired) electrons. The number of methoxy groups -OCH3 is 1. The average Bonchev–Trinajstić information content (AvgIpc) is 2.52. The van der Waals surface area contributed by atoms with Crippen LogP contribution in [0.3, 0.4) is 0 Å². The summed E-state index contributed by atoms with van der Waals surface area (Å²) in [4.78, 5) is 32.1. The number of ether oxygens (including phenoxy) is 2. The molecule has 0 N–H and O–H groups in total. The highest BCUT2D eigenvalue weighted by atomic mass is 16.6. The molecule has 1 aromatic heterocycles. The molecule has 0 fully saturated rings. The monoisotopic (exact) mass is 335 g/mol. The van der Waals surface area contributed by atoms with Crippen molar-refractivity contribution in [2.45, 2.75) is 39.8 Å². The summed E-state index contributed by atoms with van der Waals surface area (Å²) in [6.07, 6.45) is 1.64. The van der Waals surface area contributed by atoms with E-state index in [1.165, 1.54) is 18.9 Å². The highest BCUT2D eigenvalue weighted by Crippen LogP contribution is 2.18. The van der Waals surface area contributed by atoms with Crippen LogP contribution >= 0.6 is 0 Å². The molecule has 8 nitrogen and oxygen atoms in total. The number of carbonyl (C=O) groups is 2. The molecule has 0 bridgehead atoms. The van der Waals surface area contributed by atoms with E-state index in [1.807, 2.05) is 0 Å². The van der Waals surface area contributed by atoms with Crippen LogP contribution in [0.15, 0.2) is 23.4 Å². The number of nitrogens with zero attached hydrogens (tertiary/aromatic N) is 4. The van der Waals surface area contributed by atoms with Crippen molar-refractivity contribution in [1.29, 1.82) is 0 Å². The largest absolute Gasteiger partial charge is 0.481 e. The lowest BCUT2D eigenvalue weighted by atomic mass is 10.2. The van der Waals surface area contributed by atoms with Gasteiger partial charge in [-0.05, 0) is 26.8 Å². The minimum absolute atomic E-state index is 0.0574. The molecule has 0 aliphatic carbocycles. The maximum Gasteiger partial charge on any atom is 0.412 e. The first kappa shape index (κ1) is 19.3. The summed E-state index contributed by atoms with van der Waals surface area (Å²) < 4.78 is 10.6. The molecule has 0 saturated carbocycles. The molecule has 0 spiro atoms. The summed E-state index contributed by atoms with van der Waals surface area (Å²) in [5.41, 5.74) is 0.284. The van der Waals surface area contributed by atoms with Crippen LogP contribution < -0.4 is 4.74 Å². The molecule has 0 saturated heterocycles. The first-order chi connectivity index (χ1) is 11.3. The van der Waals surface area contributed by atoms with Crippen molar-refractivity contribution in [2.75, 3.05) is 13.8 Å². The van der Waals surface area contributed by atoms with E-state index < -0.39 is 11.7 Å². The summed E-state index contributed by atoms with van der Waals surface area (Å²) in [5, 5.41) is 3.87. The molecule has 1 heterocycles. The number of carbonyl (C=O) groups excluding carboxylic acids is 2. The van der Waals surface area contributed by atoms with Crippen molar-refractivity contribution in [3.63, 3.8) is 0 Å². The zero-order valence-electron chi connectivity index (χ0n) is 14.6. The highest BCUT2D eigenvalue weighted by Gasteiger charge is 2.24. The summed E-state index contributed by atoms with van der Waals surface area (Å²) >= 11 is 0. The number of hydrogen-bond donors (Lipinski definition) is 0. The van der Waals surface area contributed by atoms with Gasteiger partial charge >= 0.3 is 11.8 Å². The van der Waals surface area contributed by atoms with Gasteiger partial charge in [-0.2, -0.15) is 0 Å². The molecule has 8 heteroatoms. The van der Waals surface area contributed by atoms with Crippen LogP contribution in [-0.4, -0.2) is 52.1 Å². The van der Waals surface area contributed by atoms with Crippen molar-refractivity contribution >= 4 is 18.1 Å². The van der Waals surface area contributed by atoms with Crippen LogP contribution in [-0.2, 0) is 16.1 Å². The second-order valence-electron chi connectivity index (χ2n) is 5.99. The summed E-state index contributed by atoms with van der Waals surface area (Å²) in [6.45, 7) is 6.99. The Hall–Kier alpha value is -2.73. The number of aromatic nitrogens is 1. The van der Waals surface area contributed by atoms with E-state index in [-0.39, 0.29) is 18.9 Å². The van der Waals surface area contributed by atoms with E-state index in [9.17, 15) is 9.59 Å². The van der Waals surface area contributed by atoms with E-state index >= 15 is 0 Å². The predicted octanol–water partition coefficient (Wildman–Crippen LogP) is 2.10. The molecule has 130 valence electrons. The fourth-order valence-electron chi connectivity index (χ4n) is 1.68. The number of rotatable bonds is 6. The second kappa shape index (κ2) is 8.79. The summed E-state index contributed by atoms with van der Waals surface area (Å²) in [7, 11) is 1.51. The summed E-state index contributed by atoms with van der Waals surface area (Å²) in [5.74, 6) is 0.415. The van der Waals surface area contributed by atoms with Crippen molar-refractivity contribution in [2.24, 2.45) is 5.11 Å². The Balaban J connectivity index is 3.01. The van der Waals surface area contributed by atoms with Crippen molar-refractivity contribution in [1.82, 2.24) is 9.88 Å². The average molecular weight is 335 g/mol. The zero-order valence-corrected chi connectivity index (χ0v) is 14.6. The lowest BCUT2D eigenvalue weighted by Gasteiger charge is -2.25. The van der Waals surface area contributed by atoms with Gasteiger partial charge in [0, 0.05) is 18.7 Å². The molecular formula is C16H23N4O4+. The van der Waals surface area contributed by atoms with Gasteiger partial charge in [0.25, 0.3) is 0 Å². The van der Waals surface area contributed by atoms with Gasteiger partial charge in [-0.25, -0.2) is 9.78 Å². The van der Waals surface area contributed by atoms with Gasteiger partial charge in [0.2, 0.25) is 12.2 Å². The molecule has 0 aliphatic heterocycles. The van der Waals surface area contributed by atoms with Gasteiger partial charge in [-0.3, -0.25) is 9.69 Å². The van der Waals surface area contributed by atoms with E-state index in [4.69, 9.17) is 9.47 Å². The Bertz CT molecular complexity index is 646. The first-order valence-electron chi connectivity index (χ1n) is 7.39. The normalized spacial score (nSPS) is 10.4. The molecule has 24 heavy (non-hydrogen) atoms. The van der Waals surface area contributed by atoms with Gasteiger partial charge in [0.05, 0.1) is 18.4 Å². The fourth-order valence-corrected chi connectivity index (χ4v) is 1.68. The molecule has 1 aromatic rings. The lowest BCUT2D eigenvalue weighted by molar-refractivity contribution is -0.120. The lowest BCUT2D eigenvalue weighted by Crippen LogP contribution is -2.36. The van der Waals surface area contributed by atoms with Gasteiger partial charge in [-0.1, -0.05) is 6.07 Å². The molecule has 0 aliphatic rings. The van der Waals surface area contributed by atoms with Crippen molar-refractivity contribution in [3.05, 3.63) is 23.9 Å². The molecule has 0 unspecified atom stereocenters. The Labute approximate surface area is 141 Å². The number of amides is 1. The predicted molar refractivity (Wildman–Crippen MR) is 86.9 cm³/mol. The fraction of sp³-hybridized carbons (Fsp3) is 0.500. The van der Waals surface area contributed by atoms with Crippen LogP contribution in [0.5, 0.6) is 5.88 Å². The highest BCUT2D eigenvalue weighted by molar-refractivity contribution is 6.23. The maximum absolute atomic E-state index is 12.4. The standard InChI is InChI=1S/C16H23N4O4/c1-12(10-21)19-18-11-20(15(22)24-16(2,3)4)9-13-7-6-8-17-14(13)23-5/h6-8,10H,9,11H2,1-5H3/q+1. The third-order valence-corrected chi connectivity index (χ3v) is 2.69. The second-order valence-corrected chi connectivity index (χ2v) is 5.99. The van der Waals surface area contributed by atoms with Crippen LogP contribution in [0.25, 0.3) is 0 Å². The molecule has 1 amide bonds. The van der Waals surface area contributed by atoms with E-state index in [0.29, 0.717) is 17.7 Å².